The normalized spacial score (nSPS) is 15.0. The number of anilines is 1. The first kappa shape index (κ1) is 23.9. The summed E-state index contributed by atoms with van der Waals surface area (Å²) in [5.74, 6) is 0.0123. The SMILES string of the molecule is O=C(O)CCCCc1ccc(OCCN2CCN(c3ccccc3C(F)(F)F)CC2)cc1. The van der Waals surface area contributed by atoms with Crippen LogP contribution in [-0.2, 0) is 17.4 Å². The number of alkyl halides is 3. The summed E-state index contributed by atoms with van der Waals surface area (Å²) in [7, 11) is 0. The molecule has 0 spiro atoms. The van der Waals surface area contributed by atoms with Crippen molar-refractivity contribution in [3.05, 3.63) is 59.7 Å². The van der Waals surface area contributed by atoms with Crippen LogP contribution in [0.3, 0.4) is 0 Å². The van der Waals surface area contributed by atoms with E-state index < -0.39 is 17.7 Å². The minimum Gasteiger partial charge on any atom is -0.492 e. The van der Waals surface area contributed by atoms with Gasteiger partial charge in [-0.1, -0.05) is 24.3 Å². The number of benzene rings is 2. The molecule has 1 aliphatic rings. The van der Waals surface area contributed by atoms with Gasteiger partial charge in [-0.3, -0.25) is 9.69 Å². The Morgan fingerprint density at radius 2 is 1.66 bits per heavy atom. The highest BCUT2D eigenvalue weighted by atomic mass is 19.4. The van der Waals surface area contributed by atoms with Crippen LogP contribution in [0.5, 0.6) is 5.75 Å². The van der Waals surface area contributed by atoms with Crippen LogP contribution in [0.4, 0.5) is 18.9 Å². The molecule has 0 saturated carbocycles. The molecule has 2 aromatic rings. The average molecular weight is 451 g/mol. The highest BCUT2D eigenvalue weighted by Crippen LogP contribution is 2.36. The van der Waals surface area contributed by atoms with Crippen molar-refractivity contribution in [3.8, 4) is 5.75 Å². The van der Waals surface area contributed by atoms with E-state index in [0.29, 0.717) is 45.8 Å². The zero-order valence-electron chi connectivity index (χ0n) is 18.0. The zero-order valence-corrected chi connectivity index (χ0v) is 18.0. The second-order valence-corrected chi connectivity index (χ2v) is 7.94. The fourth-order valence-electron chi connectivity index (χ4n) is 3.85. The summed E-state index contributed by atoms with van der Waals surface area (Å²) in [5.41, 5.74) is 0.819. The van der Waals surface area contributed by atoms with Gasteiger partial charge in [0.2, 0.25) is 0 Å². The lowest BCUT2D eigenvalue weighted by Gasteiger charge is -2.37. The van der Waals surface area contributed by atoms with E-state index in [4.69, 9.17) is 9.84 Å². The molecule has 0 aromatic heterocycles. The maximum Gasteiger partial charge on any atom is 0.418 e. The van der Waals surface area contributed by atoms with Crippen molar-refractivity contribution in [1.29, 1.82) is 0 Å². The third-order valence-electron chi connectivity index (χ3n) is 5.63. The fourth-order valence-corrected chi connectivity index (χ4v) is 3.85. The molecule has 0 unspecified atom stereocenters. The first-order valence-electron chi connectivity index (χ1n) is 10.9. The number of piperazine rings is 1. The number of hydrogen-bond donors (Lipinski definition) is 1. The number of aliphatic carboxylic acids is 1. The highest BCUT2D eigenvalue weighted by Gasteiger charge is 2.35. The van der Waals surface area contributed by atoms with Gasteiger partial charge in [0.1, 0.15) is 12.4 Å². The van der Waals surface area contributed by atoms with Crippen molar-refractivity contribution in [2.45, 2.75) is 31.9 Å². The lowest BCUT2D eigenvalue weighted by Crippen LogP contribution is -2.48. The summed E-state index contributed by atoms with van der Waals surface area (Å²) in [6.07, 6.45) is -1.80. The van der Waals surface area contributed by atoms with E-state index in [-0.39, 0.29) is 12.1 Å². The topological polar surface area (TPSA) is 53.0 Å². The third-order valence-corrected chi connectivity index (χ3v) is 5.63. The van der Waals surface area contributed by atoms with E-state index in [2.05, 4.69) is 4.90 Å². The summed E-state index contributed by atoms with van der Waals surface area (Å²) in [6, 6.07) is 13.6. The summed E-state index contributed by atoms with van der Waals surface area (Å²) in [6.45, 7) is 3.69. The predicted octanol–water partition coefficient (Wildman–Crippen LogP) is 4.70. The van der Waals surface area contributed by atoms with Gasteiger partial charge in [-0.15, -0.1) is 0 Å². The number of ether oxygens (including phenoxy) is 1. The molecule has 1 heterocycles. The Morgan fingerprint density at radius 1 is 0.969 bits per heavy atom. The van der Waals surface area contributed by atoms with Crippen LogP contribution >= 0.6 is 0 Å². The van der Waals surface area contributed by atoms with Crippen molar-refractivity contribution in [3.63, 3.8) is 0 Å². The van der Waals surface area contributed by atoms with Gasteiger partial charge < -0.3 is 14.7 Å². The molecule has 174 valence electrons. The molecule has 5 nitrogen and oxygen atoms in total. The number of carboxylic acid groups (broad SMARTS) is 1. The van der Waals surface area contributed by atoms with Gasteiger partial charge in [0.15, 0.2) is 0 Å². The minimum absolute atomic E-state index is 0.199. The van der Waals surface area contributed by atoms with Crippen LogP contribution in [0.15, 0.2) is 48.5 Å². The number of nitrogens with zero attached hydrogens (tertiary/aromatic N) is 2. The standard InChI is InChI=1S/C24H29F3N2O3/c25-24(26,27)21-6-2-3-7-22(21)29-15-13-28(14-16-29)17-18-32-20-11-9-19(10-12-20)5-1-4-8-23(30)31/h2-3,6-7,9-12H,1,4-5,8,13-18H2,(H,30,31). The van der Waals surface area contributed by atoms with E-state index in [9.17, 15) is 18.0 Å². The van der Waals surface area contributed by atoms with E-state index >= 15 is 0 Å². The number of unbranched alkanes of at least 4 members (excludes halogenated alkanes) is 1. The molecule has 32 heavy (non-hydrogen) atoms. The van der Waals surface area contributed by atoms with Crippen molar-refractivity contribution in [2.24, 2.45) is 0 Å². The van der Waals surface area contributed by atoms with Gasteiger partial charge in [0.05, 0.1) is 5.56 Å². The number of carbonyl (C=O) groups is 1. The first-order valence-corrected chi connectivity index (χ1v) is 10.9. The van der Waals surface area contributed by atoms with Crippen molar-refractivity contribution in [2.75, 3.05) is 44.2 Å². The number of aryl methyl sites for hydroxylation is 1. The molecule has 8 heteroatoms. The number of halogens is 3. The van der Waals surface area contributed by atoms with Crippen LogP contribution in [-0.4, -0.2) is 55.3 Å². The Morgan fingerprint density at radius 3 is 2.31 bits per heavy atom. The quantitative estimate of drug-likeness (QED) is 0.532. The smallest absolute Gasteiger partial charge is 0.418 e. The third kappa shape index (κ3) is 7.15. The largest absolute Gasteiger partial charge is 0.492 e. The van der Waals surface area contributed by atoms with Gasteiger partial charge in [-0.2, -0.15) is 13.2 Å². The molecule has 0 amide bonds. The van der Waals surface area contributed by atoms with Crippen LogP contribution in [0, 0.1) is 0 Å². The van der Waals surface area contributed by atoms with Crippen molar-refractivity contribution >= 4 is 11.7 Å². The predicted molar refractivity (Wildman–Crippen MR) is 117 cm³/mol. The Balaban J connectivity index is 1.38. The van der Waals surface area contributed by atoms with Crippen molar-refractivity contribution in [1.82, 2.24) is 4.90 Å². The monoisotopic (exact) mass is 450 g/mol. The Hall–Kier alpha value is -2.74. The Kier molecular flexibility index (Phi) is 8.39. The zero-order chi connectivity index (χ0) is 23.0. The van der Waals surface area contributed by atoms with Crippen LogP contribution in [0.25, 0.3) is 0 Å². The maximum atomic E-state index is 13.3. The molecule has 0 bridgehead atoms. The molecule has 1 fully saturated rings. The Bertz CT molecular complexity index is 864. The van der Waals surface area contributed by atoms with E-state index in [1.807, 2.05) is 24.3 Å². The molecule has 2 aromatic carbocycles. The molecular weight excluding hydrogens is 421 g/mol. The van der Waals surface area contributed by atoms with Gasteiger partial charge in [-0.25, -0.2) is 0 Å². The second kappa shape index (κ2) is 11.2. The van der Waals surface area contributed by atoms with Gasteiger partial charge >= 0.3 is 12.1 Å². The molecule has 1 N–H and O–H groups in total. The molecule has 1 aliphatic heterocycles. The number of rotatable bonds is 10. The fraction of sp³-hybridized carbons (Fsp3) is 0.458. The number of carboxylic acids is 1. The molecule has 0 aliphatic carbocycles. The second-order valence-electron chi connectivity index (χ2n) is 7.94. The molecule has 1 saturated heterocycles. The molecule has 0 radical (unpaired) electrons. The van der Waals surface area contributed by atoms with Crippen molar-refractivity contribution < 1.29 is 27.8 Å². The maximum absolute atomic E-state index is 13.3. The summed E-state index contributed by atoms with van der Waals surface area (Å²) in [5, 5.41) is 8.67. The molecule has 0 atom stereocenters. The number of hydrogen-bond acceptors (Lipinski definition) is 4. The highest BCUT2D eigenvalue weighted by molar-refractivity contribution is 5.66. The molecular formula is C24H29F3N2O3. The van der Waals surface area contributed by atoms with Crippen LogP contribution in [0.1, 0.15) is 30.4 Å². The number of para-hydroxylation sites is 1. The minimum atomic E-state index is -4.35. The summed E-state index contributed by atoms with van der Waals surface area (Å²) in [4.78, 5) is 14.5. The Labute approximate surface area is 186 Å². The van der Waals surface area contributed by atoms with Gasteiger partial charge in [0, 0.05) is 44.8 Å². The van der Waals surface area contributed by atoms with Crippen LogP contribution in [0.2, 0.25) is 0 Å². The first-order chi connectivity index (χ1) is 15.3. The van der Waals surface area contributed by atoms with E-state index in [1.54, 1.807) is 11.0 Å². The summed E-state index contributed by atoms with van der Waals surface area (Å²) >= 11 is 0. The van der Waals surface area contributed by atoms with E-state index in [0.717, 1.165) is 30.2 Å². The van der Waals surface area contributed by atoms with Gasteiger partial charge in [0.25, 0.3) is 0 Å². The van der Waals surface area contributed by atoms with E-state index in [1.165, 1.54) is 12.1 Å². The summed E-state index contributed by atoms with van der Waals surface area (Å²) < 4.78 is 45.6. The van der Waals surface area contributed by atoms with Crippen LogP contribution < -0.4 is 9.64 Å². The molecule has 3 rings (SSSR count). The average Bonchev–Trinajstić information content (AvgIpc) is 2.77. The lowest BCUT2D eigenvalue weighted by molar-refractivity contribution is -0.138. The lowest BCUT2D eigenvalue weighted by atomic mass is 10.1. The van der Waals surface area contributed by atoms with Gasteiger partial charge in [-0.05, 0) is 49.1 Å².